The Balaban J connectivity index is 1.33. The number of hydrogen-bond donors (Lipinski definition) is 3. The molecule has 0 radical (unpaired) electrons. The number of rotatable bonds is 7. The van der Waals surface area contributed by atoms with Crippen LogP contribution in [-0.4, -0.2) is 45.2 Å². The average molecular weight is 366 g/mol. The zero-order valence-electron chi connectivity index (χ0n) is 16.2. The van der Waals surface area contributed by atoms with E-state index in [2.05, 4.69) is 41.7 Å². The van der Waals surface area contributed by atoms with Crippen LogP contribution in [0.5, 0.6) is 0 Å². The number of anilines is 1. The molecule has 3 N–H and O–H groups in total. The van der Waals surface area contributed by atoms with Crippen LogP contribution in [0.25, 0.3) is 6.08 Å². The number of benzene rings is 2. The molecule has 1 heterocycles. The molecule has 3 rings (SSSR count). The summed E-state index contributed by atoms with van der Waals surface area (Å²) in [7, 11) is 0. The maximum atomic E-state index is 12.2. The fourth-order valence-electron chi connectivity index (χ4n) is 3.57. The van der Waals surface area contributed by atoms with Crippen LogP contribution in [0.2, 0.25) is 0 Å². The Bertz CT molecular complexity index is 749. The highest BCUT2D eigenvalue weighted by molar-refractivity contribution is 5.90. The molecule has 0 spiro atoms. The minimum atomic E-state index is 0.119. The molecule has 1 aliphatic heterocycles. The van der Waals surface area contributed by atoms with E-state index in [0.29, 0.717) is 6.42 Å². The fraction of sp³-hybridized carbons (Fsp3) is 0.348. The molecular weight excluding hydrogens is 334 g/mol. The number of carbonyl (C=O) groups is 1. The number of quaternary nitrogens is 2. The van der Waals surface area contributed by atoms with Gasteiger partial charge in [0, 0.05) is 5.69 Å². The van der Waals surface area contributed by atoms with Crippen LogP contribution < -0.4 is 15.1 Å². The minimum Gasteiger partial charge on any atom is -0.326 e. The summed E-state index contributed by atoms with van der Waals surface area (Å²) in [6.07, 6.45) is 5.08. The number of carbonyl (C=O) groups excluding carboxylic acids is 1. The van der Waals surface area contributed by atoms with Crippen molar-refractivity contribution in [2.45, 2.75) is 13.3 Å². The highest BCUT2D eigenvalue weighted by Gasteiger charge is 2.22. The van der Waals surface area contributed by atoms with Crippen molar-refractivity contribution in [3.8, 4) is 0 Å². The Labute approximate surface area is 162 Å². The molecule has 1 saturated heterocycles. The van der Waals surface area contributed by atoms with E-state index in [9.17, 15) is 4.79 Å². The molecule has 0 unspecified atom stereocenters. The van der Waals surface area contributed by atoms with Gasteiger partial charge in [-0.1, -0.05) is 48.5 Å². The second kappa shape index (κ2) is 10.0. The SMILES string of the molecule is Cc1cccc(NC(=O)CC[NH+]2CC[NH+](C/C=C/c3ccccc3)CC2)c1. The lowest BCUT2D eigenvalue weighted by molar-refractivity contribution is -1.01. The van der Waals surface area contributed by atoms with Crippen molar-refractivity contribution < 1.29 is 14.6 Å². The zero-order valence-corrected chi connectivity index (χ0v) is 16.2. The number of hydrogen-bond acceptors (Lipinski definition) is 1. The standard InChI is InChI=1S/C23H29N3O/c1-20-7-5-11-22(19-20)24-23(27)12-14-26-17-15-25(16-18-26)13-6-10-21-8-3-2-4-9-21/h2-11,19H,12-18H2,1H3,(H,24,27)/p+2/b10-6+. The summed E-state index contributed by atoms with van der Waals surface area (Å²) < 4.78 is 0. The third kappa shape index (κ3) is 6.66. The van der Waals surface area contributed by atoms with Crippen molar-refractivity contribution in [3.63, 3.8) is 0 Å². The first-order valence-corrected chi connectivity index (χ1v) is 9.94. The molecule has 0 atom stereocenters. The first kappa shape index (κ1) is 19.3. The molecule has 0 bridgehead atoms. The molecule has 4 nitrogen and oxygen atoms in total. The number of amides is 1. The largest absolute Gasteiger partial charge is 0.326 e. The van der Waals surface area contributed by atoms with E-state index in [1.807, 2.05) is 37.3 Å². The van der Waals surface area contributed by atoms with E-state index in [-0.39, 0.29) is 5.91 Å². The van der Waals surface area contributed by atoms with E-state index in [4.69, 9.17) is 0 Å². The maximum Gasteiger partial charge on any atom is 0.230 e. The van der Waals surface area contributed by atoms with E-state index >= 15 is 0 Å². The number of aryl methyl sites for hydroxylation is 1. The van der Waals surface area contributed by atoms with Gasteiger partial charge < -0.3 is 15.1 Å². The molecule has 0 saturated carbocycles. The molecule has 0 aliphatic carbocycles. The van der Waals surface area contributed by atoms with Gasteiger partial charge in [-0.3, -0.25) is 4.79 Å². The smallest absolute Gasteiger partial charge is 0.230 e. The van der Waals surface area contributed by atoms with E-state index in [1.54, 1.807) is 9.80 Å². The van der Waals surface area contributed by atoms with Crippen molar-refractivity contribution in [2.24, 2.45) is 0 Å². The van der Waals surface area contributed by atoms with Gasteiger partial charge in [0.25, 0.3) is 0 Å². The van der Waals surface area contributed by atoms with E-state index in [1.165, 1.54) is 24.2 Å². The average Bonchev–Trinajstić information content (AvgIpc) is 2.68. The summed E-state index contributed by atoms with van der Waals surface area (Å²) >= 11 is 0. The van der Waals surface area contributed by atoms with E-state index < -0.39 is 0 Å². The summed E-state index contributed by atoms with van der Waals surface area (Å²) in [5.41, 5.74) is 3.33. The fourth-order valence-corrected chi connectivity index (χ4v) is 3.57. The monoisotopic (exact) mass is 365 g/mol. The van der Waals surface area contributed by atoms with Crippen molar-refractivity contribution in [2.75, 3.05) is 44.6 Å². The highest BCUT2D eigenvalue weighted by atomic mass is 16.1. The van der Waals surface area contributed by atoms with Gasteiger partial charge in [0.1, 0.15) is 26.2 Å². The van der Waals surface area contributed by atoms with Gasteiger partial charge in [0.15, 0.2) is 0 Å². The molecule has 1 amide bonds. The highest BCUT2D eigenvalue weighted by Crippen LogP contribution is 2.09. The molecule has 4 heteroatoms. The lowest BCUT2D eigenvalue weighted by Crippen LogP contribution is -3.28. The summed E-state index contributed by atoms with van der Waals surface area (Å²) in [4.78, 5) is 15.3. The first-order chi connectivity index (χ1) is 13.2. The van der Waals surface area contributed by atoms with Gasteiger partial charge in [-0.25, -0.2) is 0 Å². The normalized spacial score (nSPS) is 19.9. The molecule has 1 aliphatic rings. The molecule has 0 aromatic heterocycles. The van der Waals surface area contributed by atoms with Gasteiger partial charge in [0.05, 0.1) is 19.5 Å². The predicted molar refractivity (Wildman–Crippen MR) is 111 cm³/mol. The summed E-state index contributed by atoms with van der Waals surface area (Å²) in [6.45, 7) is 8.68. The molecule has 27 heavy (non-hydrogen) atoms. The van der Waals surface area contributed by atoms with Crippen LogP contribution in [0.3, 0.4) is 0 Å². The Morgan fingerprint density at radius 1 is 1.00 bits per heavy atom. The molecular formula is C23H31N3O+2. The number of nitrogens with one attached hydrogen (secondary N) is 3. The molecule has 2 aromatic carbocycles. The Morgan fingerprint density at radius 3 is 2.48 bits per heavy atom. The van der Waals surface area contributed by atoms with Crippen LogP contribution in [0.4, 0.5) is 5.69 Å². The van der Waals surface area contributed by atoms with Gasteiger partial charge in [-0.2, -0.15) is 0 Å². The lowest BCUT2D eigenvalue weighted by Gasteiger charge is -2.29. The van der Waals surface area contributed by atoms with Gasteiger partial charge in [-0.05, 0) is 36.3 Å². The summed E-state index contributed by atoms with van der Waals surface area (Å²) in [5.74, 6) is 0.119. The molecule has 2 aromatic rings. The lowest BCUT2D eigenvalue weighted by atomic mass is 10.2. The predicted octanol–water partition coefficient (Wildman–Crippen LogP) is 0.820. The van der Waals surface area contributed by atoms with Gasteiger partial charge in [0.2, 0.25) is 5.91 Å². The van der Waals surface area contributed by atoms with Crippen LogP contribution in [0, 0.1) is 6.92 Å². The minimum absolute atomic E-state index is 0.119. The first-order valence-electron chi connectivity index (χ1n) is 9.94. The Morgan fingerprint density at radius 2 is 1.74 bits per heavy atom. The van der Waals surface area contributed by atoms with Crippen LogP contribution >= 0.6 is 0 Å². The second-order valence-electron chi connectivity index (χ2n) is 7.43. The van der Waals surface area contributed by atoms with Crippen molar-refractivity contribution in [1.29, 1.82) is 0 Å². The third-order valence-electron chi connectivity index (χ3n) is 5.19. The van der Waals surface area contributed by atoms with E-state index in [0.717, 1.165) is 31.9 Å². The van der Waals surface area contributed by atoms with Crippen LogP contribution in [0.1, 0.15) is 17.5 Å². The summed E-state index contributed by atoms with van der Waals surface area (Å²) in [6, 6.07) is 18.4. The molecule has 1 fully saturated rings. The Kier molecular flexibility index (Phi) is 7.19. The third-order valence-corrected chi connectivity index (χ3v) is 5.19. The van der Waals surface area contributed by atoms with Gasteiger partial charge in [-0.15, -0.1) is 0 Å². The van der Waals surface area contributed by atoms with Gasteiger partial charge >= 0.3 is 0 Å². The number of piperazine rings is 1. The summed E-state index contributed by atoms with van der Waals surface area (Å²) in [5, 5.41) is 3.01. The van der Waals surface area contributed by atoms with Crippen LogP contribution in [-0.2, 0) is 4.79 Å². The van der Waals surface area contributed by atoms with Crippen molar-refractivity contribution in [1.82, 2.24) is 0 Å². The maximum absolute atomic E-state index is 12.2. The zero-order chi connectivity index (χ0) is 18.9. The van der Waals surface area contributed by atoms with Crippen LogP contribution in [0.15, 0.2) is 60.7 Å². The molecule has 142 valence electrons. The topological polar surface area (TPSA) is 38.0 Å². The second-order valence-corrected chi connectivity index (χ2v) is 7.43. The van der Waals surface area contributed by atoms with Crippen molar-refractivity contribution in [3.05, 3.63) is 71.8 Å². The Hall–Kier alpha value is -2.43. The van der Waals surface area contributed by atoms with Crippen molar-refractivity contribution >= 4 is 17.7 Å². The quantitative estimate of drug-likeness (QED) is 0.668.